The third kappa shape index (κ3) is 2.49. The number of imidazole rings is 1. The SMILES string of the molecule is CCC1CN(C(=O)c2cnc[nH]2)C(CC)CN1. The molecule has 1 aromatic rings. The Balaban J connectivity index is 2.12. The third-order valence-electron chi connectivity index (χ3n) is 3.45. The number of rotatable bonds is 3. The van der Waals surface area contributed by atoms with Crippen LogP contribution in [0.5, 0.6) is 0 Å². The molecule has 2 N–H and O–H groups in total. The molecule has 1 saturated heterocycles. The maximum Gasteiger partial charge on any atom is 0.272 e. The number of carbonyl (C=O) groups excluding carboxylic acids is 1. The number of carbonyl (C=O) groups is 1. The van der Waals surface area contributed by atoms with Crippen LogP contribution < -0.4 is 5.32 Å². The number of hydrogen-bond donors (Lipinski definition) is 2. The number of H-pyrrole nitrogens is 1. The summed E-state index contributed by atoms with van der Waals surface area (Å²) in [4.78, 5) is 21.1. The van der Waals surface area contributed by atoms with E-state index < -0.39 is 0 Å². The minimum absolute atomic E-state index is 0.0642. The van der Waals surface area contributed by atoms with Crippen molar-refractivity contribution in [1.29, 1.82) is 0 Å². The summed E-state index contributed by atoms with van der Waals surface area (Å²) < 4.78 is 0. The summed E-state index contributed by atoms with van der Waals surface area (Å²) >= 11 is 0. The molecule has 2 rings (SSSR count). The molecule has 1 aliphatic rings. The summed E-state index contributed by atoms with van der Waals surface area (Å²) in [5.74, 6) is 0.0642. The van der Waals surface area contributed by atoms with Crippen LogP contribution in [0.25, 0.3) is 0 Å². The van der Waals surface area contributed by atoms with Crippen molar-refractivity contribution in [1.82, 2.24) is 20.2 Å². The van der Waals surface area contributed by atoms with Crippen molar-refractivity contribution in [2.75, 3.05) is 13.1 Å². The van der Waals surface area contributed by atoms with E-state index in [1.165, 1.54) is 0 Å². The normalized spacial score (nSPS) is 24.9. The summed E-state index contributed by atoms with van der Waals surface area (Å²) in [6, 6.07) is 0.693. The average molecular weight is 236 g/mol. The van der Waals surface area contributed by atoms with Gasteiger partial charge in [0, 0.05) is 25.2 Å². The molecule has 5 heteroatoms. The number of amides is 1. The molecule has 0 saturated carbocycles. The fourth-order valence-corrected chi connectivity index (χ4v) is 2.28. The molecule has 94 valence electrons. The highest BCUT2D eigenvalue weighted by molar-refractivity contribution is 5.92. The van der Waals surface area contributed by atoms with Crippen molar-refractivity contribution < 1.29 is 4.79 Å². The highest BCUT2D eigenvalue weighted by Gasteiger charge is 2.30. The number of aromatic nitrogens is 2. The van der Waals surface area contributed by atoms with E-state index in [9.17, 15) is 4.79 Å². The second-order valence-electron chi connectivity index (χ2n) is 4.50. The van der Waals surface area contributed by atoms with Crippen LogP contribution in [-0.4, -0.2) is 45.9 Å². The van der Waals surface area contributed by atoms with Gasteiger partial charge in [-0.15, -0.1) is 0 Å². The molecule has 2 unspecified atom stereocenters. The number of hydrogen-bond acceptors (Lipinski definition) is 3. The Morgan fingerprint density at radius 1 is 1.53 bits per heavy atom. The zero-order valence-electron chi connectivity index (χ0n) is 10.4. The van der Waals surface area contributed by atoms with Gasteiger partial charge in [0.05, 0.1) is 12.5 Å². The third-order valence-corrected chi connectivity index (χ3v) is 3.45. The number of nitrogens with one attached hydrogen (secondary N) is 2. The molecule has 0 aromatic carbocycles. The summed E-state index contributed by atoms with van der Waals surface area (Å²) in [5.41, 5.74) is 0.584. The van der Waals surface area contributed by atoms with Gasteiger partial charge in [-0.3, -0.25) is 4.79 Å². The molecular formula is C12H20N4O. The second-order valence-corrected chi connectivity index (χ2v) is 4.50. The minimum atomic E-state index is 0.0642. The predicted octanol–water partition coefficient (Wildman–Crippen LogP) is 1.01. The van der Waals surface area contributed by atoms with E-state index in [0.29, 0.717) is 11.7 Å². The van der Waals surface area contributed by atoms with Crippen molar-refractivity contribution in [3.05, 3.63) is 18.2 Å². The molecule has 5 nitrogen and oxygen atoms in total. The number of aromatic amines is 1. The Bertz CT molecular complexity index is 363. The maximum atomic E-state index is 12.3. The van der Waals surface area contributed by atoms with Gasteiger partial charge in [-0.25, -0.2) is 4.98 Å². The predicted molar refractivity (Wildman–Crippen MR) is 65.8 cm³/mol. The van der Waals surface area contributed by atoms with Gasteiger partial charge in [0.15, 0.2) is 0 Å². The van der Waals surface area contributed by atoms with Crippen LogP contribution in [0.3, 0.4) is 0 Å². The van der Waals surface area contributed by atoms with Crippen LogP contribution in [0.15, 0.2) is 12.5 Å². The van der Waals surface area contributed by atoms with E-state index in [4.69, 9.17) is 0 Å². The molecule has 17 heavy (non-hydrogen) atoms. The first-order chi connectivity index (χ1) is 8.26. The van der Waals surface area contributed by atoms with E-state index >= 15 is 0 Å². The van der Waals surface area contributed by atoms with Crippen molar-refractivity contribution >= 4 is 5.91 Å². The lowest BCUT2D eigenvalue weighted by Crippen LogP contribution is -2.57. The fourth-order valence-electron chi connectivity index (χ4n) is 2.28. The van der Waals surface area contributed by atoms with Crippen molar-refractivity contribution in [2.24, 2.45) is 0 Å². The fraction of sp³-hybridized carbons (Fsp3) is 0.667. The monoisotopic (exact) mass is 236 g/mol. The van der Waals surface area contributed by atoms with E-state index in [1.807, 2.05) is 4.90 Å². The molecular weight excluding hydrogens is 216 g/mol. The molecule has 0 bridgehead atoms. The first-order valence-electron chi connectivity index (χ1n) is 6.29. The van der Waals surface area contributed by atoms with Gasteiger partial charge in [0.25, 0.3) is 5.91 Å². The van der Waals surface area contributed by atoms with Crippen molar-refractivity contribution in [3.63, 3.8) is 0 Å². The zero-order chi connectivity index (χ0) is 12.3. The Morgan fingerprint density at radius 3 is 2.94 bits per heavy atom. The molecule has 1 amide bonds. The molecule has 0 spiro atoms. The Labute approximate surface area is 102 Å². The lowest BCUT2D eigenvalue weighted by atomic mass is 10.0. The standard InChI is InChI=1S/C12H20N4O/c1-3-9-7-16(10(4-2)5-14-9)12(17)11-6-13-8-15-11/h6,8-10,14H,3-5,7H2,1-2H3,(H,13,15). The highest BCUT2D eigenvalue weighted by atomic mass is 16.2. The van der Waals surface area contributed by atoms with Crippen LogP contribution in [0.2, 0.25) is 0 Å². The van der Waals surface area contributed by atoms with Crippen LogP contribution in [0, 0.1) is 0 Å². The van der Waals surface area contributed by atoms with E-state index in [1.54, 1.807) is 12.5 Å². The lowest BCUT2D eigenvalue weighted by molar-refractivity contribution is 0.0570. The molecule has 0 radical (unpaired) electrons. The molecule has 1 aromatic heterocycles. The number of piperazine rings is 1. The summed E-state index contributed by atoms with van der Waals surface area (Å²) in [6.07, 6.45) is 5.16. The van der Waals surface area contributed by atoms with Gasteiger partial charge in [-0.2, -0.15) is 0 Å². The Hall–Kier alpha value is -1.36. The van der Waals surface area contributed by atoms with Gasteiger partial charge in [-0.1, -0.05) is 13.8 Å². The Kier molecular flexibility index (Phi) is 3.78. The van der Waals surface area contributed by atoms with Crippen LogP contribution in [0.4, 0.5) is 0 Å². The van der Waals surface area contributed by atoms with Gasteiger partial charge in [0.2, 0.25) is 0 Å². The van der Waals surface area contributed by atoms with Gasteiger partial charge in [0.1, 0.15) is 5.69 Å². The molecule has 2 heterocycles. The van der Waals surface area contributed by atoms with Gasteiger partial charge >= 0.3 is 0 Å². The summed E-state index contributed by atoms with van der Waals surface area (Å²) in [6.45, 7) is 5.93. The van der Waals surface area contributed by atoms with Crippen LogP contribution in [-0.2, 0) is 0 Å². The average Bonchev–Trinajstić information content (AvgIpc) is 2.91. The highest BCUT2D eigenvalue weighted by Crippen LogP contribution is 2.14. The smallest absolute Gasteiger partial charge is 0.272 e. The first kappa shape index (κ1) is 12.1. The van der Waals surface area contributed by atoms with Crippen LogP contribution in [0.1, 0.15) is 37.2 Å². The lowest BCUT2D eigenvalue weighted by Gasteiger charge is -2.39. The number of nitrogens with zero attached hydrogens (tertiary/aromatic N) is 2. The zero-order valence-corrected chi connectivity index (χ0v) is 10.4. The molecule has 1 aliphatic heterocycles. The van der Waals surface area contributed by atoms with E-state index in [2.05, 4.69) is 29.1 Å². The van der Waals surface area contributed by atoms with E-state index in [-0.39, 0.29) is 11.9 Å². The topological polar surface area (TPSA) is 61.0 Å². The van der Waals surface area contributed by atoms with Crippen LogP contribution >= 0.6 is 0 Å². The van der Waals surface area contributed by atoms with Gasteiger partial charge in [-0.05, 0) is 12.8 Å². The molecule has 1 fully saturated rings. The second kappa shape index (κ2) is 5.31. The maximum absolute atomic E-state index is 12.3. The largest absolute Gasteiger partial charge is 0.341 e. The minimum Gasteiger partial charge on any atom is -0.341 e. The van der Waals surface area contributed by atoms with Crippen molar-refractivity contribution in [2.45, 2.75) is 38.8 Å². The van der Waals surface area contributed by atoms with E-state index in [0.717, 1.165) is 25.9 Å². The van der Waals surface area contributed by atoms with Crippen molar-refractivity contribution in [3.8, 4) is 0 Å². The summed E-state index contributed by atoms with van der Waals surface area (Å²) in [5, 5.41) is 3.48. The molecule has 2 atom stereocenters. The summed E-state index contributed by atoms with van der Waals surface area (Å²) in [7, 11) is 0. The molecule has 0 aliphatic carbocycles. The Morgan fingerprint density at radius 2 is 2.35 bits per heavy atom. The van der Waals surface area contributed by atoms with Gasteiger partial charge < -0.3 is 15.2 Å². The quantitative estimate of drug-likeness (QED) is 0.823. The first-order valence-corrected chi connectivity index (χ1v) is 6.29.